The van der Waals surface area contributed by atoms with Crippen LogP contribution >= 0.6 is 0 Å². The Morgan fingerprint density at radius 2 is 2.07 bits per heavy atom. The van der Waals surface area contributed by atoms with E-state index in [0.29, 0.717) is 18.8 Å². The zero-order valence-corrected chi connectivity index (χ0v) is 15.2. The molecule has 2 aliphatic heterocycles. The summed E-state index contributed by atoms with van der Waals surface area (Å²) < 4.78 is 21.6. The molecule has 0 atom stereocenters. The average Bonchev–Trinajstić information content (AvgIpc) is 3.00. The summed E-state index contributed by atoms with van der Waals surface area (Å²) in [5, 5.41) is 16.7. The molecule has 28 heavy (non-hydrogen) atoms. The van der Waals surface area contributed by atoms with Crippen molar-refractivity contribution in [3.63, 3.8) is 0 Å². The first-order valence-corrected chi connectivity index (χ1v) is 9.40. The Morgan fingerprint density at radius 1 is 1.21 bits per heavy atom. The lowest BCUT2D eigenvalue weighted by Gasteiger charge is -2.41. The Bertz CT molecular complexity index is 1080. The molecule has 142 valence electrons. The van der Waals surface area contributed by atoms with Crippen molar-refractivity contribution in [3.05, 3.63) is 53.1 Å². The SMILES string of the molecule is N#Cc1ccc(OC2CN(c3c4c(nc5ccnn35)CCNCC4)C2)cc1F. The van der Waals surface area contributed by atoms with Crippen LogP contribution in [0.1, 0.15) is 16.8 Å². The van der Waals surface area contributed by atoms with E-state index in [-0.39, 0.29) is 11.7 Å². The van der Waals surface area contributed by atoms with Crippen molar-refractivity contribution in [2.24, 2.45) is 0 Å². The summed E-state index contributed by atoms with van der Waals surface area (Å²) in [4.78, 5) is 7.03. The predicted molar refractivity (Wildman–Crippen MR) is 101 cm³/mol. The zero-order chi connectivity index (χ0) is 19.1. The third kappa shape index (κ3) is 2.84. The molecule has 2 aliphatic rings. The normalized spacial score (nSPS) is 16.9. The molecule has 5 rings (SSSR count). The van der Waals surface area contributed by atoms with Gasteiger partial charge in [-0.1, -0.05) is 0 Å². The van der Waals surface area contributed by atoms with Gasteiger partial charge in [-0.2, -0.15) is 14.9 Å². The van der Waals surface area contributed by atoms with Crippen molar-refractivity contribution in [3.8, 4) is 11.8 Å². The number of halogens is 1. The van der Waals surface area contributed by atoms with E-state index in [1.165, 1.54) is 17.7 Å². The van der Waals surface area contributed by atoms with E-state index in [4.69, 9.17) is 15.0 Å². The monoisotopic (exact) mass is 378 g/mol. The van der Waals surface area contributed by atoms with Crippen LogP contribution in [0.3, 0.4) is 0 Å². The number of benzene rings is 1. The van der Waals surface area contributed by atoms with E-state index in [1.54, 1.807) is 12.3 Å². The number of fused-ring (bicyclic) bond motifs is 2. The maximum absolute atomic E-state index is 13.8. The lowest BCUT2D eigenvalue weighted by molar-refractivity contribution is 0.165. The maximum atomic E-state index is 13.8. The van der Waals surface area contributed by atoms with Gasteiger partial charge in [0, 0.05) is 30.7 Å². The van der Waals surface area contributed by atoms with Crippen molar-refractivity contribution in [1.82, 2.24) is 19.9 Å². The van der Waals surface area contributed by atoms with E-state index >= 15 is 0 Å². The van der Waals surface area contributed by atoms with Crippen LogP contribution in [0.25, 0.3) is 5.65 Å². The van der Waals surface area contributed by atoms with Crippen LogP contribution in [0.2, 0.25) is 0 Å². The fourth-order valence-corrected chi connectivity index (χ4v) is 3.88. The van der Waals surface area contributed by atoms with Crippen molar-refractivity contribution in [2.75, 3.05) is 31.1 Å². The Hall–Kier alpha value is -3.18. The number of hydrogen-bond donors (Lipinski definition) is 1. The van der Waals surface area contributed by atoms with Gasteiger partial charge in [0.2, 0.25) is 0 Å². The molecule has 8 heteroatoms. The second kappa shape index (κ2) is 6.77. The minimum atomic E-state index is -0.554. The number of anilines is 1. The largest absolute Gasteiger partial charge is 0.487 e. The zero-order valence-electron chi connectivity index (χ0n) is 15.2. The van der Waals surface area contributed by atoms with E-state index in [1.807, 2.05) is 16.7 Å². The van der Waals surface area contributed by atoms with Crippen LogP contribution in [0.15, 0.2) is 30.5 Å². The fourth-order valence-electron chi connectivity index (χ4n) is 3.88. The Balaban J connectivity index is 1.38. The summed E-state index contributed by atoms with van der Waals surface area (Å²) in [5.41, 5.74) is 3.25. The molecule has 0 bridgehead atoms. The van der Waals surface area contributed by atoms with Crippen LogP contribution in [0.4, 0.5) is 10.2 Å². The molecular formula is C20H19FN6O. The molecule has 3 aromatic rings. The molecule has 1 aromatic carbocycles. The smallest absolute Gasteiger partial charge is 0.157 e. The number of nitrogens with zero attached hydrogens (tertiary/aromatic N) is 5. The first-order chi connectivity index (χ1) is 13.7. The summed E-state index contributed by atoms with van der Waals surface area (Å²) in [5.74, 6) is 0.976. The van der Waals surface area contributed by atoms with Crippen molar-refractivity contribution < 1.29 is 9.13 Å². The first kappa shape index (κ1) is 17.0. The molecule has 7 nitrogen and oxygen atoms in total. The predicted octanol–water partition coefficient (Wildman–Crippen LogP) is 1.70. The summed E-state index contributed by atoms with van der Waals surface area (Å²) in [6, 6.07) is 8.11. The highest BCUT2D eigenvalue weighted by Crippen LogP contribution is 2.31. The highest BCUT2D eigenvalue weighted by Gasteiger charge is 2.33. The van der Waals surface area contributed by atoms with Gasteiger partial charge >= 0.3 is 0 Å². The fraction of sp³-hybridized carbons (Fsp3) is 0.350. The molecule has 0 aliphatic carbocycles. The van der Waals surface area contributed by atoms with Crippen LogP contribution in [0, 0.1) is 17.1 Å². The molecule has 4 heterocycles. The number of nitrogens with one attached hydrogen (secondary N) is 1. The van der Waals surface area contributed by atoms with Crippen molar-refractivity contribution in [2.45, 2.75) is 18.9 Å². The van der Waals surface area contributed by atoms with Gasteiger partial charge < -0.3 is 15.0 Å². The Kier molecular flexibility index (Phi) is 4.10. The number of hydrogen-bond acceptors (Lipinski definition) is 6. The van der Waals surface area contributed by atoms with E-state index < -0.39 is 5.82 Å². The van der Waals surface area contributed by atoms with Crippen LogP contribution in [0.5, 0.6) is 5.75 Å². The van der Waals surface area contributed by atoms with E-state index in [9.17, 15) is 4.39 Å². The minimum absolute atomic E-state index is 0.0248. The van der Waals surface area contributed by atoms with Crippen molar-refractivity contribution in [1.29, 1.82) is 5.26 Å². The van der Waals surface area contributed by atoms with Gasteiger partial charge in [-0.15, -0.1) is 0 Å². The van der Waals surface area contributed by atoms with Gasteiger partial charge in [0.1, 0.15) is 29.6 Å². The standard InChI is InChI=1S/C20H19FN6O/c21-17-9-14(2-1-13(17)10-22)28-15-11-26(12-15)20-16-3-6-23-7-4-18(16)25-19-5-8-24-27(19)20/h1-2,5,8-9,15,23H,3-4,6-7,11-12H2. The summed E-state index contributed by atoms with van der Waals surface area (Å²) in [7, 11) is 0. The molecule has 0 amide bonds. The van der Waals surface area contributed by atoms with Gasteiger partial charge in [0.15, 0.2) is 5.65 Å². The molecule has 2 aromatic heterocycles. The highest BCUT2D eigenvalue weighted by molar-refractivity contribution is 5.59. The average molecular weight is 378 g/mol. The van der Waals surface area contributed by atoms with Crippen molar-refractivity contribution >= 4 is 11.5 Å². The van der Waals surface area contributed by atoms with E-state index in [0.717, 1.165) is 43.1 Å². The summed E-state index contributed by atoms with van der Waals surface area (Å²) >= 11 is 0. The van der Waals surface area contributed by atoms with Crippen LogP contribution < -0.4 is 15.0 Å². The quantitative estimate of drug-likeness (QED) is 0.747. The van der Waals surface area contributed by atoms with Crippen LogP contribution in [-0.4, -0.2) is 46.9 Å². The third-order valence-corrected chi connectivity index (χ3v) is 5.29. The Labute approximate surface area is 161 Å². The van der Waals surface area contributed by atoms with Crippen LogP contribution in [-0.2, 0) is 12.8 Å². The number of aromatic nitrogens is 3. The highest BCUT2D eigenvalue weighted by atomic mass is 19.1. The molecule has 1 saturated heterocycles. The second-order valence-electron chi connectivity index (χ2n) is 7.11. The van der Waals surface area contributed by atoms with Gasteiger partial charge in [-0.25, -0.2) is 9.37 Å². The topological polar surface area (TPSA) is 78.5 Å². The van der Waals surface area contributed by atoms with E-state index in [2.05, 4.69) is 15.3 Å². The molecule has 0 unspecified atom stereocenters. The molecule has 0 saturated carbocycles. The molecule has 0 spiro atoms. The molecular weight excluding hydrogens is 359 g/mol. The van der Waals surface area contributed by atoms with Gasteiger partial charge in [0.05, 0.1) is 30.5 Å². The minimum Gasteiger partial charge on any atom is -0.487 e. The third-order valence-electron chi connectivity index (χ3n) is 5.29. The first-order valence-electron chi connectivity index (χ1n) is 9.40. The number of rotatable bonds is 3. The number of ether oxygens (including phenoxy) is 1. The van der Waals surface area contributed by atoms with Gasteiger partial charge in [0.25, 0.3) is 0 Å². The lowest BCUT2D eigenvalue weighted by atomic mass is 10.1. The summed E-state index contributed by atoms with van der Waals surface area (Å²) in [6.07, 6.45) is 3.56. The second-order valence-corrected chi connectivity index (χ2v) is 7.11. The maximum Gasteiger partial charge on any atom is 0.157 e. The molecule has 1 N–H and O–H groups in total. The Morgan fingerprint density at radius 3 is 2.89 bits per heavy atom. The summed E-state index contributed by atoms with van der Waals surface area (Å²) in [6.45, 7) is 3.24. The lowest BCUT2D eigenvalue weighted by Crippen LogP contribution is -2.55. The van der Waals surface area contributed by atoms with Gasteiger partial charge in [-0.05, 0) is 25.1 Å². The van der Waals surface area contributed by atoms with Gasteiger partial charge in [-0.3, -0.25) is 0 Å². The molecule has 0 radical (unpaired) electrons. The molecule has 1 fully saturated rings. The number of nitriles is 1.